The molecule has 25 heavy (non-hydrogen) atoms. The smallest absolute Gasteiger partial charge is 0.247 e. The summed E-state index contributed by atoms with van der Waals surface area (Å²) in [6.45, 7) is 0.168. The largest absolute Gasteiger partial charge is 0.463 e. The van der Waals surface area contributed by atoms with Crippen molar-refractivity contribution in [3.8, 4) is 5.75 Å². The summed E-state index contributed by atoms with van der Waals surface area (Å²) in [5.41, 5.74) is 1.20. The van der Waals surface area contributed by atoms with Crippen LogP contribution in [0.1, 0.15) is 5.82 Å². The van der Waals surface area contributed by atoms with Crippen molar-refractivity contribution in [2.24, 2.45) is 0 Å². The molecular weight excluding hydrogens is 368 g/mol. The molecule has 3 rings (SSSR count). The minimum Gasteiger partial charge on any atom is -0.463 e. The maximum atomic E-state index is 13.1. The molecule has 1 amide bonds. The molecule has 0 radical (unpaired) electrons. The van der Waals surface area contributed by atoms with Gasteiger partial charge in [-0.05, 0) is 36.4 Å². The van der Waals surface area contributed by atoms with Gasteiger partial charge in [0.2, 0.25) is 5.91 Å². The Balaban J connectivity index is 1.54. The molecule has 5 nitrogen and oxygen atoms in total. The van der Waals surface area contributed by atoms with Crippen molar-refractivity contribution in [3.05, 3.63) is 70.4 Å². The van der Waals surface area contributed by atoms with E-state index in [1.165, 1.54) is 30.5 Å². The Kier molecular flexibility index (Phi) is 5.21. The molecule has 0 aliphatic carbocycles. The van der Waals surface area contributed by atoms with E-state index in [9.17, 15) is 9.18 Å². The highest BCUT2D eigenvalue weighted by molar-refractivity contribution is 6.35. The van der Waals surface area contributed by atoms with Crippen LogP contribution in [0, 0.1) is 5.82 Å². The lowest BCUT2D eigenvalue weighted by Gasteiger charge is -2.03. The zero-order valence-corrected chi connectivity index (χ0v) is 14.2. The van der Waals surface area contributed by atoms with Crippen molar-refractivity contribution < 1.29 is 13.9 Å². The van der Waals surface area contributed by atoms with Crippen LogP contribution in [-0.2, 0) is 11.3 Å². The number of amides is 1. The van der Waals surface area contributed by atoms with Crippen molar-refractivity contribution >= 4 is 40.1 Å². The van der Waals surface area contributed by atoms with E-state index in [1.807, 2.05) is 0 Å². The number of benzene rings is 2. The molecule has 0 unspecified atom stereocenters. The summed E-state index contributed by atoms with van der Waals surface area (Å²) in [7, 11) is 0. The second-order valence-corrected chi connectivity index (χ2v) is 5.90. The Morgan fingerprint density at radius 1 is 1.28 bits per heavy atom. The molecule has 2 N–H and O–H groups in total. The topological polar surface area (TPSA) is 67.0 Å². The van der Waals surface area contributed by atoms with Gasteiger partial charge in [-0.3, -0.25) is 4.79 Å². The van der Waals surface area contributed by atoms with Crippen LogP contribution >= 0.6 is 23.2 Å². The Labute approximate surface area is 152 Å². The number of imidazole rings is 1. The predicted octanol–water partition coefficient (Wildman–Crippen LogP) is 4.22. The van der Waals surface area contributed by atoms with Crippen LogP contribution in [0.3, 0.4) is 0 Å². The molecule has 2 aromatic carbocycles. The van der Waals surface area contributed by atoms with E-state index in [0.29, 0.717) is 32.7 Å². The standard InChI is InChI=1S/C17H12Cl2FN3O2/c18-10-1-4-15(12(19)7-10)25-6-5-17(24)21-9-16-22-13-3-2-11(20)8-14(13)23-16/h1-8H,9H2,(H,21,24)(H,22,23)/b6-5+. The minimum absolute atomic E-state index is 0.168. The first-order valence-corrected chi connectivity index (χ1v) is 7.97. The highest BCUT2D eigenvalue weighted by Crippen LogP contribution is 2.27. The lowest BCUT2D eigenvalue weighted by Crippen LogP contribution is -2.21. The highest BCUT2D eigenvalue weighted by Gasteiger charge is 2.05. The number of carbonyl (C=O) groups is 1. The van der Waals surface area contributed by atoms with E-state index in [0.717, 1.165) is 0 Å². The van der Waals surface area contributed by atoms with Gasteiger partial charge < -0.3 is 15.0 Å². The fraction of sp³-hybridized carbons (Fsp3) is 0.0588. The second kappa shape index (κ2) is 7.55. The van der Waals surface area contributed by atoms with Crippen LogP contribution in [-0.4, -0.2) is 15.9 Å². The van der Waals surface area contributed by atoms with Crippen molar-refractivity contribution in [1.29, 1.82) is 0 Å². The number of aromatic amines is 1. The van der Waals surface area contributed by atoms with Crippen LogP contribution in [0.5, 0.6) is 5.75 Å². The maximum Gasteiger partial charge on any atom is 0.247 e. The lowest BCUT2D eigenvalue weighted by atomic mass is 10.3. The first kappa shape index (κ1) is 17.3. The molecule has 0 aliphatic heterocycles. The average molecular weight is 380 g/mol. The molecule has 0 aliphatic rings. The molecule has 0 spiro atoms. The maximum absolute atomic E-state index is 13.1. The summed E-state index contributed by atoms with van der Waals surface area (Å²) in [6.07, 6.45) is 2.44. The first-order chi connectivity index (χ1) is 12.0. The van der Waals surface area contributed by atoms with Gasteiger partial charge >= 0.3 is 0 Å². The van der Waals surface area contributed by atoms with Crippen LogP contribution in [0.15, 0.2) is 48.7 Å². The minimum atomic E-state index is -0.378. The van der Waals surface area contributed by atoms with E-state index >= 15 is 0 Å². The van der Waals surface area contributed by atoms with E-state index < -0.39 is 0 Å². The molecule has 0 bridgehead atoms. The average Bonchev–Trinajstić information content (AvgIpc) is 2.97. The number of hydrogen-bond donors (Lipinski definition) is 2. The third-order valence-electron chi connectivity index (χ3n) is 3.23. The second-order valence-electron chi connectivity index (χ2n) is 5.06. The highest BCUT2D eigenvalue weighted by atomic mass is 35.5. The summed E-state index contributed by atoms with van der Waals surface area (Å²) >= 11 is 11.7. The number of hydrogen-bond acceptors (Lipinski definition) is 3. The van der Waals surface area contributed by atoms with Gasteiger partial charge in [0, 0.05) is 11.1 Å². The van der Waals surface area contributed by atoms with Gasteiger partial charge in [-0.15, -0.1) is 0 Å². The fourth-order valence-electron chi connectivity index (χ4n) is 2.09. The van der Waals surface area contributed by atoms with Crippen molar-refractivity contribution in [2.75, 3.05) is 0 Å². The SMILES string of the molecule is O=C(/C=C/Oc1ccc(Cl)cc1Cl)NCc1nc2ccc(F)cc2[nH]1. The molecule has 1 aromatic heterocycles. The number of carbonyl (C=O) groups excluding carboxylic acids is 1. The summed E-state index contributed by atoms with van der Waals surface area (Å²) in [5.74, 6) is 0.169. The molecule has 1 heterocycles. The monoisotopic (exact) mass is 379 g/mol. The zero-order chi connectivity index (χ0) is 17.8. The Bertz CT molecular complexity index is 956. The number of nitrogens with zero attached hydrogens (tertiary/aromatic N) is 1. The van der Waals surface area contributed by atoms with E-state index in [4.69, 9.17) is 27.9 Å². The number of ether oxygens (including phenoxy) is 1. The first-order valence-electron chi connectivity index (χ1n) is 7.21. The number of aromatic nitrogens is 2. The quantitative estimate of drug-likeness (QED) is 0.515. The van der Waals surface area contributed by atoms with Gasteiger partial charge in [-0.2, -0.15) is 0 Å². The summed E-state index contributed by atoms with van der Waals surface area (Å²) in [6, 6.07) is 9.00. The third kappa shape index (κ3) is 4.49. The van der Waals surface area contributed by atoms with Gasteiger partial charge in [0.15, 0.2) is 0 Å². The molecule has 0 atom stereocenters. The molecule has 3 aromatic rings. The summed E-state index contributed by atoms with van der Waals surface area (Å²) in [4.78, 5) is 19.0. The molecule has 128 valence electrons. The van der Waals surface area contributed by atoms with Crippen LogP contribution in [0.4, 0.5) is 4.39 Å². The molecule has 8 heteroatoms. The Morgan fingerprint density at radius 2 is 2.12 bits per heavy atom. The predicted molar refractivity (Wildman–Crippen MR) is 94.1 cm³/mol. The van der Waals surface area contributed by atoms with Gasteiger partial charge in [0.25, 0.3) is 0 Å². The Morgan fingerprint density at radius 3 is 2.92 bits per heavy atom. The number of fused-ring (bicyclic) bond motifs is 1. The molecule has 0 saturated heterocycles. The summed E-state index contributed by atoms with van der Waals surface area (Å²) in [5, 5.41) is 3.47. The number of rotatable bonds is 5. The fourth-order valence-corrected chi connectivity index (χ4v) is 2.54. The third-order valence-corrected chi connectivity index (χ3v) is 3.76. The summed E-state index contributed by atoms with van der Waals surface area (Å²) < 4.78 is 18.4. The van der Waals surface area contributed by atoms with Gasteiger partial charge in [-0.25, -0.2) is 9.37 Å². The van der Waals surface area contributed by atoms with E-state index in [1.54, 1.807) is 18.2 Å². The molecule has 0 fully saturated rings. The molecular formula is C17H12Cl2FN3O2. The zero-order valence-electron chi connectivity index (χ0n) is 12.7. The van der Waals surface area contributed by atoms with Crippen molar-refractivity contribution in [1.82, 2.24) is 15.3 Å². The van der Waals surface area contributed by atoms with Crippen LogP contribution < -0.4 is 10.1 Å². The van der Waals surface area contributed by atoms with E-state index in [-0.39, 0.29) is 18.3 Å². The van der Waals surface area contributed by atoms with Gasteiger partial charge in [0.1, 0.15) is 17.4 Å². The van der Waals surface area contributed by atoms with Gasteiger partial charge in [0.05, 0.1) is 28.9 Å². The lowest BCUT2D eigenvalue weighted by molar-refractivity contribution is -0.116. The molecule has 0 saturated carbocycles. The van der Waals surface area contributed by atoms with E-state index in [2.05, 4.69) is 15.3 Å². The normalized spacial score (nSPS) is 11.2. The number of H-pyrrole nitrogens is 1. The van der Waals surface area contributed by atoms with Gasteiger partial charge in [-0.1, -0.05) is 23.2 Å². The van der Waals surface area contributed by atoms with Crippen molar-refractivity contribution in [3.63, 3.8) is 0 Å². The number of nitrogens with one attached hydrogen (secondary N) is 2. The van der Waals surface area contributed by atoms with Crippen LogP contribution in [0.25, 0.3) is 11.0 Å². The Hall–Kier alpha value is -2.57. The van der Waals surface area contributed by atoms with Crippen molar-refractivity contribution in [2.45, 2.75) is 6.54 Å². The van der Waals surface area contributed by atoms with Crippen LogP contribution in [0.2, 0.25) is 10.0 Å². The number of halogens is 3.